The van der Waals surface area contributed by atoms with E-state index < -0.39 is 5.41 Å². The van der Waals surface area contributed by atoms with Crippen molar-refractivity contribution in [2.75, 3.05) is 13.2 Å². The van der Waals surface area contributed by atoms with Gasteiger partial charge in [-0.25, -0.2) is 0 Å². The average molecular weight is 317 g/mol. The molecule has 124 valence electrons. The normalized spacial score (nSPS) is 32.2. The summed E-state index contributed by atoms with van der Waals surface area (Å²) in [6, 6.07) is 0. The number of hydrogen-bond donors (Lipinski definition) is 0. The fourth-order valence-electron chi connectivity index (χ4n) is 4.27. The Morgan fingerprint density at radius 1 is 1.26 bits per heavy atom. The lowest BCUT2D eigenvalue weighted by Crippen LogP contribution is -2.48. The first kappa shape index (κ1) is 16.0. The number of nitrogens with zero attached hydrogens (tertiary/aromatic N) is 1. The summed E-state index contributed by atoms with van der Waals surface area (Å²) < 4.78 is 5.52. The second-order valence-electron chi connectivity index (χ2n) is 7.71. The molecule has 2 bridgehead atoms. The van der Waals surface area contributed by atoms with Crippen molar-refractivity contribution in [2.45, 2.75) is 33.6 Å². The van der Waals surface area contributed by atoms with E-state index in [9.17, 15) is 14.4 Å². The molecule has 0 aromatic carbocycles. The molecule has 2 amide bonds. The molecular formula is C18H23NO4. The predicted molar refractivity (Wildman–Crippen MR) is 84.1 cm³/mol. The van der Waals surface area contributed by atoms with Gasteiger partial charge < -0.3 is 4.74 Å². The minimum absolute atomic E-state index is 0.0525. The molecule has 3 atom stereocenters. The Morgan fingerprint density at radius 3 is 2.39 bits per heavy atom. The van der Waals surface area contributed by atoms with E-state index in [0.29, 0.717) is 5.92 Å². The quantitative estimate of drug-likeness (QED) is 0.452. The zero-order chi connectivity index (χ0) is 16.8. The maximum Gasteiger partial charge on any atom is 0.313 e. The number of esters is 1. The summed E-state index contributed by atoms with van der Waals surface area (Å²) >= 11 is 0. The molecule has 3 aliphatic rings. The monoisotopic (exact) mass is 317 g/mol. The Bertz CT molecular complexity index is 595. The molecule has 1 saturated carbocycles. The van der Waals surface area contributed by atoms with Crippen molar-refractivity contribution in [3.8, 4) is 0 Å². The predicted octanol–water partition coefficient (Wildman–Crippen LogP) is 2.08. The van der Waals surface area contributed by atoms with Crippen LogP contribution < -0.4 is 0 Å². The highest BCUT2D eigenvalue weighted by Crippen LogP contribution is 2.60. The molecule has 3 rings (SSSR count). The van der Waals surface area contributed by atoms with Crippen LogP contribution in [0.3, 0.4) is 0 Å². The van der Waals surface area contributed by atoms with Gasteiger partial charge in [0.15, 0.2) is 0 Å². The topological polar surface area (TPSA) is 63.7 Å². The molecule has 0 radical (unpaired) electrons. The van der Waals surface area contributed by atoms with E-state index in [1.807, 2.05) is 0 Å². The Hall–Kier alpha value is -1.91. The molecule has 0 aromatic rings. The Morgan fingerprint density at radius 2 is 1.91 bits per heavy atom. The Balaban J connectivity index is 1.66. The van der Waals surface area contributed by atoms with Crippen LogP contribution in [0.4, 0.5) is 0 Å². The van der Waals surface area contributed by atoms with Crippen molar-refractivity contribution in [3.63, 3.8) is 0 Å². The largest absolute Gasteiger partial charge is 0.463 e. The van der Waals surface area contributed by atoms with Crippen LogP contribution in [-0.4, -0.2) is 35.8 Å². The summed E-state index contributed by atoms with van der Waals surface area (Å²) in [6.07, 6.45) is 8.66. The van der Waals surface area contributed by atoms with Gasteiger partial charge in [-0.3, -0.25) is 19.3 Å². The van der Waals surface area contributed by atoms with Gasteiger partial charge in [0.25, 0.3) is 11.8 Å². The highest BCUT2D eigenvalue weighted by molar-refractivity contribution is 6.12. The minimum Gasteiger partial charge on any atom is -0.463 e. The van der Waals surface area contributed by atoms with Crippen LogP contribution in [0.1, 0.15) is 33.6 Å². The van der Waals surface area contributed by atoms with Crippen LogP contribution in [-0.2, 0) is 19.1 Å². The first-order chi connectivity index (χ1) is 10.8. The molecule has 23 heavy (non-hydrogen) atoms. The Labute approximate surface area is 136 Å². The maximum absolute atomic E-state index is 12.9. The van der Waals surface area contributed by atoms with Crippen LogP contribution in [0.5, 0.6) is 0 Å². The van der Waals surface area contributed by atoms with E-state index in [1.54, 1.807) is 0 Å². The van der Waals surface area contributed by atoms with Gasteiger partial charge in [-0.1, -0.05) is 32.9 Å². The fraction of sp³-hybridized carbons (Fsp3) is 0.611. The number of allylic oxidation sites excluding steroid dienone is 2. The molecule has 0 spiro atoms. The minimum atomic E-state index is -0.510. The standard InChI is InChI=1S/C18H23NO4/c1-17(2,3)18(11-12-4-5-13(18)10-12)16(22)23-9-8-19-14(20)6-7-15(19)21/h4-7,12-13H,8-11H2,1-3H3. The third-order valence-corrected chi connectivity index (χ3v) is 5.54. The highest BCUT2D eigenvalue weighted by atomic mass is 16.5. The van der Waals surface area contributed by atoms with E-state index in [0.717, 1.165) is 17.7 Å². The van der Waals surface area contributed by atoms with Gasteiger partial charge in [0, 0.05) is 12.2 Å². The molecule has 5 heteroatoms. The molecule has 1 aliphatic heterocycles. The van der Waals surface area contributed by atoms with Crippen molar-refractivity contribution >= 4 is 17.8 Å². The third-order valence-electron chi connectivity index (χ3n) is 5.54. The molecule has 0 aromatic heterocycles. The van der Waals surface area contributed by atoms with Crippen molar-refractivity contribution in [1.82, 2.24) is 4.90 Å². The first-order valence-electron chi connectivity index (χ1n) is 8.15. The van der Waals surface area contributed by atoms with Gasteiger partial charge in [-0.2, -0.15) is 0 Å². The van der Waals surface area contributed by atoms with Gasteiger partial charge >= 0.3 is 5.97 Å². The van der Waals surface area contributed by atoms with E-state index in [2.05, 4.69) is 32.9 Å². The summed E-state index contributed by atoms with van der Waals surface area (Å²) in [5.74, 6) is -0.220. The van der Waals surface area contributed by atoms with Crippen LogP contribution in [0, 0.1) is 22.7 Å². The van der Waals surface area contributed by atoms with Crippen LogP contribution in [0.25, 0.3) is 0 Å². The molecule has 1 heterocycles. The van der Waals surface area contributed by atoms with Crippen molar-refractivity contribution < 1.29 is 19.1 Å². The van der Waals surface area contributed by atoms with Crippen LogP contribution in [0.15, 0.2) is 24.3 Å². The number of fused-ring (bicyclic) bond motifs is 2. The number of ether oxygens (including phenoxy) is 1. The second kappa shape index (κ2) is 5.32. The molecule has 0 N–H and O–H groups in total. The van der Waals surface area contributed by atoms with Crippen molar-refractivity contribution in [1.29, 1.82) is 0 Å². The molecule has 3 unspecified atom stereocenters. The Kier molecular flexibility index (Phi) is 3.69. The molecule has 1 fully saturated rings. The number of carbonyl (C=O) groups is 3. The van der Waals surface area contributed by atoms with E-state index in [4.69, 9.17) is 4.74 Å². The molecule has 0 saturated heterocycles. The van der Waals surface area contributed by atoms with Crippen molar-refractivity contribution in [3.05, 3.63) is 24.3 Å². The summed E-state index contributed by atoms with van der Waals surface area (Å²) in [5.41, 5.74) is -0.710. The van der Waals surface area contributed by atoms with Gasteiger partial charge in [-0.05, 0) is 30.1 Å². The number of hydrogen-bond acceptors (Lipinski definition) is 4. The fourth-order valence-corrected chi connectivity index (χ4v) is 4.27. The van der Waals surface area contributed by atoms with E-state index in [1.165, 1.54) is 12.2 Å². The van der Waals surface area contributed by atoms with Crippen molar-refractivity contribution in [2.24, 2.45) is 22.7 Å². The summed E-state index contributed by atoms with van der Waals surface area (Å²) in [4.78, 5) is 37.0. The molecule has 2 aliphatic carbocycles. The van der Waals surface area contributed by atoms with Crippen LogP contribution >= 0.6 is 0 Å². The van der Waals surface area contributed by atoms with Gasteiger partial charge in [-0.15, -0.1) is 0 Å². The zero-order valence-corrected chi connectivity index (χ0v) is 13.9. The SMILES string of the molecule is CC(C)(C)C1(C(=O)OCCN2C(=O)C=CC2=O)CC2C=CC1C2. The van der Waals surface area contributed by atoms with E-state index in [-0.39, 0.29) is 42.3 Å². The lowest BCUT2D eigenvalue weighted by molar-refractivity contribution is -0.167. The van der Waals surface area contributed by atoms with E-state index >= 15 is 0 Å². The van der Waals surface area contributed by atoms with Gasteiger partial charge in [0.2, 0.25) is 0 Å². The summed E-state index contributed by atoms with van der Waals surface area (Å²) in [5, 5.41) is 0. The maximum atomic E-state index is 12.9. The second-order valence-corrected chi connectivity index (χ2v) is 7.71. The van der Waals surface area contributed by atoms with Crippen LogP contribution in [0.2, 0.25) is 0 Å². The molecular weight excluding hydrogens is 294 g/mol. The average Bonchev–Trinajstić information content (AvgIpc) is 3.15. The lowest BCUT2D eigenvalue weighted by atomic mass is 9.59. The number of amides is 2. The third kappa shape index (κ3) is 2.42. The van der Waals surface area contributed by atoms with Gasteiger partial charge in [0.1, 0.15) is 6.61 Å². The summed E-state index contributed by atoms with van der Waals surface area (Å²) in [7, 11) is 0. The summed E-state index contributed by atoms with van der Waals surface area (Å²) in [6.45, 7) is 6.41. The first-order valence-corrected chi connectivity index (χ1v) is 8.15. The zero-order valence-electron chi connectivity index (χ0n) is 13.9. The number of rotatable bonds is 4. The lowest BCUT2D eigenvalue weighted by Gasteiger charge is -2.44. The molecule has 5 nitrogen and oxygen atoms in total. The number of carbonyl (C=O) groups excluding carboxylic acids is 3. The smallest absolute Gasteiger partial charge is 0.313 e. The highest BCUT2D eigenvalue weighted by Gasteiger charge is 2.60. The number of imide groups is 1. The van der Waals surface area contributed by atoms with Gasteiger partial charge in [0.05, 0.1) is 12.0 Å².